The fourth-order valence-electron chi connectivity index (χ4n) is 2.13. The lowest BCUT2D eigenvalue weighted by atomic mass is 10.1. The minimum atomic E-state index is 0. The number of nitrogens with one attached hydrogen (secondary N) is 2. The van der Waals surface area contributed by atoms with Gasteiger partial charge in [0, 0.05) is 24.7 Å². The van der Waals surface area contributed by atoms with Crippen molar-refractivity contribution in [1.29, 1.82) is 0 Å². The summed E-state index contributed by atoms with van der Waals surface area (Å²) in [6.45, 7) is 6.21. The molecule has 106 valence electrons. The van der Waals surface area contributed by atoms with Crippen molar-refractivity contribution in [3.63, 3.8) is 0 Å². The highest BCUT2D eigenvalue weighted by Crippen LogP contribution is 2.16. The SMILES string of the molecule is Cc1ccc(NC(=O)CC2COCCN2)c(C)c1.Cl. The van der Waals surface area contributed by atoms with Crippen LogP contribution in [0.4, 0.5) is 5.69 Å². The predicted octanol–water partition coefficient (Wildman–Crippen LogP) is 2.04. The average Bonchev–Trinajstić information content (AvgIpc) is 2.34. The summed E-state index contributed by atoms with van der Waals surface area (Å²) < 4.78 is 5.33. The summed E-state index contributed by atoms with van der Waals surface area (Å²) in [7, 11) is 0. The van der Waals surface area contributed by atoms with E-state index in [2.05, 4.69) is 16.7 Å². The summed E-state index contributed by atoms with van der Waals surface area (Å²) in [6, 6.07) is 6.15. The topological polar surface area (TPSA) is 50.4 Å². The van der Waals surface area contributed by atoms with Crippen molar-refractivity contribution >= 4 is 24.0 Å². The van der Waals surface area contributed by atoms with Crippen LogP contribution in [0.25, 0.3) is 0 Å². The summed E-state index contributed by atoms with van der Waals surface area (Å²) in [5.74, 6) is 0.0324. The van der Waals surface area contributed by atoms with Crippen LogP contribution in [0.1, 0.15) is 17.5 Å². The molecule has 5 heteroatoms. The van der Waals surface area contributed by atoms with Crippen LogP contribution in [0, 0.1) is 13.8 Å². The summed E-state index contributed by atoms with van der Waals surface area (Å²) in [5.41, 5.74) is 3.19. The van der Waals surface area contributed by atoms with Gasteiger partial charge in [-0.05, 0) is 25.5 Å². The number of rotatable bonds is 3. The molecule has 1 heterocycles. The third-order valence-electron chi connectivity index (χ3n) is 3.09. The number of benzene rings is 1. The molecule has 1 unspecified atom stereocenters. The van der Waals surface area contributed by atoms with Crippen LogP contribution in [-0.2, 0) is 9.53 Å². The normalized spacial score (nSPS) is 18.5. The number of carbonyl (C=O) groups is 1. The Labute approximate surface area is 120 Å². The van der Waals surface area contributed by atoms with E-state index in [4.69, 9.17) is 4.74 Å². The van der Waals surface area contributed by atoms with Crippen LogP contribution < -0.4 is 10.6 Å². The van der Waals surface area contributed by atoms with Crippen LogP contribution in [0.3, 0.4) is 0 Å². The van der Waals surface area contributed by atoms with Crippen LogP contribution in [0.15, 0.2) is 18.2 Å². The molecule has 1 aliphatic rings. The third-order valence-corrected chi connectivity index (χ3v) is 3.09. The Balaban J connectivity index is 0.00000180. The number of halogens is 1. The van der Waals surface area contributed by atoms with E-state index < -0.39 is 0 Å². The minimum Gasteiger partial charge on any atom is -0.378 e. The molecule has 1 saturated heterocycles. The highest BCUT2D eigenvalue weighted by Gasteiger charge is 2.17. The Morgan fingerprint density at radius 3 is 2.89 bits per heavy atom. The third kappa shape index (κ3) is 4.82. The van der Waals surface area contributed by atoms with Gasteiger partial charge in [0.1, 0.15) is 0 Å². The van der Waals surface area contributed by atoms with Crippen molar-refractivity contribution in [3.8, 4) is 0 Å². The number of hydrogen-bond acceptors (Lipinski definition) is 3. The minimum absolute atomic E-state index is 0. The Hall–Kier alpha value is -1.10. The average molecular weight is 285 g/mol. The lowest BCUT2D eigenvalue weighted by Crippen LogP contribution is -2.43. The van der Waals surface area contributed by atoms with Gasteiger partial charge in [0.05, 0.1) is 13.2 Å². The monoisotopic (exact) mass is 284 g/mol. The predicted molar refractivity (Wildman–Crippen MR) is 79.0 cm³/mol. The van der Waals surface area contributed by atoms with E-state index in [1.165, 1.54) is 5.56 Å². The molecule has 1 fully saturated rings. The van der Waals surface area contributed by atoms with Crippen LogP contribution in [0.5, 0.6) is 0 Å². The van der Waals surface area contributed by atoms with Crippen molar-refractivity contribution in [2.75, 3.05) is 25.1 Å². The summed E-state index contributed by atoms with van der Waals surface area (Å²) >= 11 is 0. The van der Waals surface area contributed by atoms with Gasteiger partial charge in [-0.3, -0.25) is 4.79 Å². The zero-order valence-electron chi connectivity index (χ0n) is 11.4. The fraction of sp³-hybridized carbons (Fsp3) is 0.500. The van der Waals surface area contributed by atoms with Crippen molar-refractivity contribution in [1.82, 2.24) is 5.32 Å². The lowest BCUT2D eigenvalue weighted by molar-refractivity contribution is -0.117. The van der Waals surface area contributed by atoms with Gasteiger partial charge in [0.15, 0.2) is 0 Å². The van der Waals surface area contributed by atoms with E-state index in [9.17, 15) is 4.79 Å². The van der Waals surface area contributed by atoms with Crippen LogP contribution in [0.2, 0.25) is 0 Å². The molecule has 0 radical (unpaired) electrons. The Kier molecular flexibility index (Phi) is 6.28. The van der Waals surface area contributed by atoms with Gasteiger partial charge in [0.25, 0.3) is 0 Å². The molecule has 1 aromatic rings. The van der Waals surface area contributed by atoms with Crippen LogP contribution >= 0.6 is 12.4 Å². The van der Waals surface area contributed by atoms with E-state index in [1.807, 2.05) is 26.0 Å². The smallest absolute Gasteiger partial charge is 0.226 e. The van der Waals surface area contributed by atoms with Gasteiger partial charge in [0.2, 0.25) is 5.91 Å². The number of morpholine rings is 1. The van der Waals surface area contributed by atoms with E-state index in [-0.39, 0.29) is 24.4 Å². The standard InChI is InChI=1S/C14H20N2O2.ClH/c1-10-3-4-13(11(2)7-10)16-14(17)8-12-9-18-6-5-15-12;/h3-4,7,12,15H,5-6,8-9H2,1-2H3,(H,16,17);1H. The molecule has 0 saturated carbocycles. The number of ether oxygens (including phenoxy) is 1. The largest absolute Gasteiger partial charge is 0.378 e. The first-order valence-electron chi connectivity index (χ1n) is 6.33. The van der Waals surface area contributed by atoms with Crippen LogP contribution in [-0.4, -0.2) is 31.7 Å². The first-order chi connectivity index (χ1) is 8.65. The van der Waals surface area contributed by atoms with Gasteiger partial charge in [-0.1, -0.05) is 17.7 Å². The number of amides is 1. The maximum absolute atomic E-state index is 11.9. The molecular formula is C14H21ClN2O2. The van der Waals surface area contributed by atoms with Gasteiger partial charge in [-0.25, -0.2) is 0 Å². The number of aryl methyl sites for hydroxylation is 2. The Morgan fingerprint density at radius 2 is 2.26 bits per heavy atom. The van der Waals surface area contributed by atoms with Gasteiger partial charge < -0.3 is 15.4 Å². The Bertz CT molecular complexity index is 431. The Morgan fingerprint density at radius 1 is 1.47 bits per heavy atom. The van der Waals surface area contributed by atoms with Crippen molar-refractivity contribution in [2.45, 2.75) is 26.3 Å². The highest BCUT2D eigenvalue weighted by atomic mass is 35.5. The number of hydrogen-bond donors (Lipinski definition) is 2. The molecule has 0 bridgehead atoms. The molecule has 0 aromatic heterocycles. The van der Waals surface area contributed by atoms with E-state index in [0.29, 0.717) is 13.0 Å². The molecule has 1 aliphatic heterocycles. The van der Waals surface area contributed by atoms with Crippen molar-refractivity contribution in [2.24, 2.45) is 0 Å². The zero-order chi connectivity index (χ0) is 13.0. The van der Waals surface area contributed by atoms with Gasteiger partial charge in [-0.2, -0.15) is 0 Å². The van der Waals surface area contributed by atoms with Gasteiger partial charge >= 0.3 is 0 Å². The molecule has 1 atom stereocenters. The molecule has 1 amide bonds. The summed E-state index contributed by atoms with van der Waals surface area (Å²) in [5, 5.41) is 6.22. The summed E-state index contributed by atoms with van der Waals surface area (Å²) in [6.07, 6.45) is 0.452. The van der Waals surface area contributed by atoms with E-state index in [1.54, 1.807) is 0 Å². The quantitative estimate of drug-likeness (QED) is 0.893. The molecule has 19 heavy (non-hydrogen) atoms. The molecular weight excluding hydrogens is 264 g/mol. The number of carbonyl (C=O) groups excluding carboxylic acids is 1. The maximum Gasteiger partial charge on any atom is 0.226 e. The fourth-order valence-corrected chi connectivity index (χ4v) is 2.13. The second kappa shape index (κ2) is 7.48. The van der Waals surface area contributed by atoms with Crippen molar-refractivity contribution < 1.29 is 9.53 Å². The lowest BCUT2D eigenvalue weighted by Gasteiger charge is -2.23. The van der Waals surface area contributed by atoms with Crippen molar-refractivity contribution in [3.05, 3.63) is 29.3 Å². The molecule has 1 aromatic carbocycles. The molecule has 0 spiro atoms. The first kappa shape index (κ1) is 16.0. The van der Waals surface area contributed by atoms with E-state index in [0.717, 1.165) is 24.4 Å². The maximum atomic E-state index is 11.9. The summed E-state index contributed by atoms with van der Waals surface area (Å²) in [4.78, 5) is 11.9. The molecule has 2 N–H and O–H groups in total. The second-order valence-corrected chi connectivity index (χ2v) is 4.80. The molecule has 0 aliphatic carbocycles. The first-order valence-corrected chi connectivity index (χ1v) is 6.33. The van der Waals surface area contributed by atoms with E-state index >= 15 is 0 Å². The molecule has 4 nitrogen and oxygen atoms in total. The van der Waals surface area contributed by atoms with Gasteiger partial charge in [-0.15, -0.1) is 12.4 Å². The second-order valence-electron chi connectivity index (χ2n) is 4.80. The number of anilines is 1. The highest BCUT2D eigenvalue weighted by molar-refractivity contribution is 5.91. The molecule has 2 rings (SSSR count). The zero-order valence-corrected chi connectivity index (χ0v) is 12.2.